The van der Waals surface area contributed by atoms with Gasteiger partial charge in [0.2, 0.25) is 11.8 Å². The number of ether oxygens (including phenoxy) is 4. The van der Waals surface area contributed by atoms with Crippen LogP contribution in [0.15, 0.2) is 84.9 Å². The van der Waals surface area contributed by atoms with Gasteiger partial charge >= 0.3 is 12.1 Å². The van der Waals surface area contributed by atoms with Gasteiger partial charge in [-0.2, -0.15) is 0 Å². The standard InChI is InChI=1S/C50H58ClN3O10/c1-30-25-42(56)45(35-19-23-44(62-7)39(28-35)38-26-31(12-22-43(38)61-6)27-40(48(59)63-8)53-46(30)57)54(5)47(58)36(11-9-10-24-52-49(60)64-50(2,3)4)29-41(55)34-15-13-32(14-16-34)33-17-20-37(51)21-18-33/h12-23,26,28,30,36,40,45H,9-11,24-25,27,29H2,1-8H3,(H,52,60)(H,53,57)/t30-,36-,40+,45+/m1/s1. The second-order valence-corrected chi connectivity index (χ2v) is 17.5. The lowest BCUT2D eigenvalue weighted by Crippen LogP contribution is -2.46. The Hall–Kier alpha value is -6.21. The van der Waals surface area contributed by atoms with Gasteiger partial charge in [0.25, 0.3) is 0 Å². The average molecular weight is 896 g/mol. The molecule has 0 radical (unpaired) electrons. The highest BCUT2D eigenvalue weighted by Crippen LogP contribution is 2.40. The summed E-state index contributed by atoms with van der Waals surface area (Å²) in [4.78, 5) is 83.9. The quantitative estimate of drug-likeness (QED) is 0.0711. The van der Waals surface area contributed by atoms with Crippen LogP contribution in [-0.2, 0) is 35.1 Å². The van der Waals surface area contributed by atoms with E-state index in [-0.39, 0.29) is 38.0 Å². The van der Waals surface area contributed by atoms with Crippen LogP contribution in [0.25, 0.3) is 22.3 Å². The number of esters is 1. The summed E-state index contributed by atoms with van der Waals surface area (Å²) in [6, 6.07) is 22.8. The van der Waals surface area contributed by atoms with Crippen LogP contribution in [0.3, 0.4) is 0 Å². The minimum atomic E-state index is -1.20. The lowest BCUT2D eigenvalue weighted by molar-refractivity contribution is -0.146. The number of fused-ring (bicyclic) bond motifs is 5. The number of amides is 3. The Morgan fingerprint density at radius 1 is 0.828 bits per heavy atom. The van der Waals surface area contributed by atoms with E-state index in [9.17, 15) is 28.8 Å². The largest absolute Gasteiger partial charge is 0.496 e. The molecule has 64 heavy (non-hydrogen) atoms. The number of nitrogens with one attached hydrogen (secondary N) is 2. The summed E-state index contributed by atoms with van der Waals surface area (Å²) in [5.74, 6) is -3.17. The van der Waals surface area contributed by atoms with Crippen LogP contribution in [0.5, 0.6) is 11.5 Å². The number of nitrogens with zero attached hydrogens (tertiary/aromatic N) is 1. The first-order chi connectivity index (χ1) is 30.4. The first kappa shape index (κ1) is 48.8. The number of carbonyl (C=O) groups is 6. The molecule has 0 saturated carbocycles. The Morgan fingerprint density at radius 3 is 2.05 bits per heavy atom. The maximum atomic E-state index is 14.9. The maximum absolute atomic E-state index is 14.9. The highest BCUT2D eigenvalue weighted by atomic mass is 35.5. The smallest absolute Gasteiger partial charge is 0.407 e. The van der Waals surface area contributed by atoms with E-state index in [0.717, 1.165) is 11.1 Å². The average Bonchev–Trinajstić information content (AvgIpc) is 3.26. The topological polar surface area (TPSA) is 167 Å². The fraction of sp³-hybridized carbons (Fsp3) is 0.400. The highest BCUT2D eigenvalue weighted by molar-refractivity contribution is 6.30. The number of ketones is 2. The summed E-state index contributed by atoms with van der Waals surface area (Å²) in [5, 5.41) is 6.12. The fourth-order valence-corrected chi connectivity index (χ4v) is 7.92. The van der Waals surface area contributed by atoms with E-state index in [4.69, 9.17) is 30.5 Å². The molecular formula is C50H58ClN3O10. The molecule has 3 amide bonds. The van der Waals surface area contributed by atoms with Crippen molar-refractivity contribution in [3.8, 4) is 33.8 Å². The summed E-state index contributed by atoms with van der Waals surface area (Å²) in [7, 11) is 5.81. The predicted octanol–water partition coefficient (Wildman–Crippen LogP) is 8.58. The number of hydrogen-bond acceptors (Lipinski definition) is 10. The van der Waals surface area contributed by atoms with E-state index in [1.165, 1.54) is 33.3 Å². The Morgan fingerprint density at radius 2 is 1.44 bits per heavy atom. The Bertz CT molecular complexity index is 2320. The van der Waals surface area contributed by atoms with Crippen LogP contribution in [0.1, 0.15) is 87.3 Å². The van der Waals surface area contributed by atoms with Gasteiger partial charge in [-0.05, 0) is 92.3 Å². The van der Waals surface area contributed by atoms with E-state index in [1.54, 1.807) is 82.3 Å². The van der Waals surface area contributed by atoms with E-state index in [0.29, 0.717) is 57.2 Å². The zero-order valence-corrected chi connectivity index (χ0v) is 38.5. The molecule has 14 heteroatoms. The van der Waals surface area contributed by atoms with Gasteiger partial charge in [0.05, 0.1) is 21.3 Å². The normalized spacial score (nSPS) is 16.9. The summed E-state index contributed by atoms with van der Waals surface area (Å²) >= 11 is 6.09. The van der Waals surface area contributed by atoms with Crippen molar-refractivity contribution in [2.24, 2.45) is 11.8 Å². The van der Waals surface area contributed by atoms with Crippen molar-refractivity contribution >= 4 is 47.0 Å². The molecule has 0 saturated heterocycles. The van der Waals surface area contributed by atoms with Crippen molar-refractivity contribution in [1.82, 2.24) is 15.5 Å². The van der Waals surface area contributed by atoms with E-state index < -0.39 is 59.2 Å². The lowest BCUT2D eigenvalue weighted by Gasteiger charge is -2.32. The third kappa shape index (κ3) is 12.7. The molecule has 5 rings (SSSR count). The second kappa shape index (κ2) is 21.9. The molecule has 0 aliphatic carbocycles. The van der Waals surface area contributed by atoms with E-state index in [1.807, 2.05) is 30.3 Å². The number of hydrogen-bond donors (Lipinski definition) is 2. The summed E-state index contributed by atoms with van der Waals surface area (Å²) in [6.07, 6.45) is 0.315. The number of Topliss-reactive ketones (excluding diaryl/α,β-unsaturated/α-hetero) is 2. The van der Waals surface area contributed by atoms with Crippen LogP contribution >= 0.6 is 11.6 Å². The van der Waals surface area contributed by atoms with Crippen molar-refractivity contribution in [3.05, 3.63) is 107 Å². The van der Waals surface area contributed by atoms with Crippen LogP contribution < -0.4 is 20.1 Å². The zero-order chi connectivity index (χ0) is 46.7. The lowest BCUT2D eigenvalue weighted by atomic mass is 9.88. The van der Waals surface area contributed by atoms with E-state index in [2.05, 4.69) is 10.6 Å². The van der Waals surface area contributed by atoms with Gasteiger partial charge in [0, 0.05) is 66.4 Å². The Labute approximate surface area is 380 Å². The van der Waals surface area contributed by atoms with Crippen molar-refractivity contribution in [2.45, 2.75) is 83.9 Å². The summed E-state index contributed by atoms with van der Waals surface area (Å²) in [6.45, 7) is 7.18. The number of benzene rings is 4. The number of methoxy groups -OCH3 is 3. The molecule has 1 aliphatic heterocycles. The summed E-state index contributed by atoms with van der Waals surface area (Å²) < 4.78 is 22.0. The molecule has 0 aromatic heterocycles. The number of rotatable bonds is 14. The minimum Gasteiger partial charge on any atom is -0.496 e. The molecule has 4 aromatic rings. The predicted molar refractivity (Wildman–Crippen MR) is 244 cm³/mol. The van der Waals surface area contributed by atoms with Crippen LogP contribution in [0, 0.1) is 11.8 Å². The van der Waals surface area contributed by atoms with Crippen molar-refractivity contribution < 1.29 is 47.7 Å². The Balaban J connectivity index is 1.51. The molecule has 0 fully saturated rings. The monoisotopic (exact) mass is 895 g/mol. The van der Waals surface area contributed by atoms with Gasteiger partial charge in [0.1, 0.15) is 29.2 Å². The molecule has 4 aromatic carbocycles. The number of alkyl carbamates (subject to hydrolysis) is 1. The first-order valence-electron chi connectivity index (χ1n) is 21.3. The number of unbranched alkanes of at least 4 members (excludes halogenated alkanes) is 1. The van der Waals surface area contributed by atoms with Gasteiger partial charge in [-0.25, -0.2) is 9.59 Å². The molecule has 1 heterocycles. The van der Waals surface area contributed by atoms with Crippen molar-refractivity contribution in [2.75, 3.05) is 34.9 Å². The highest BCUT2D eigenvalue weighted by Gasteiger charge is 2.36. The van der Waals surface area contributed by atoms with Gasteiger partial charge in [0.15, 0.2) is 11.6 Å². The van der Waals surface area contributed by atoms with Crippen LogP contribution in [0.2, 0.25) is 5.02 Å². The van der Waals surface area contributed by atoms with Crippen molar-refractivity contribution in [3.63, 3.8) is 0 Å². The molecule has 2 N–H and O–H groups in total. The fourth-order valence-electron chi connectivity index (χ4n) is 7.80. The van der Waals surface area contributed by atoms with Gasteiger partial charge < -0.3 is 34.5 Å². The molecule has 4 bridgehead atoms. The number of carbonyl (C=O) groups excluding carboxylic acids is 6. The zero-order valence-electron chi connectivity index (χ0n) is 37.7. The molecule has 340 valence electrons. The first-order valence-corrected chi connectivity index (χ1v) is 21.7. The van der Waals surface area contributed by atoms with E-state index >= 15 is 0 Å². The molecule has 4 atom stereocenters. The maximum Gasteiger partial charge on any atom is 0.407 e. The molecule has 0 spiro atoms. The van der Waals surface area contributed by atoms with Crippen LogP contribution in [0.4, 0.5) is 4.79 Å². The van der Waals surface area contributed by atoms with Gasteiger partial charge in [-0.3, -0.25) is 19.2 Å². The molecule has 13 nitrogen and oxygen atoms in total. The summed E-state index contributed by atoms with van der Waals surface area (Å²) in [5.41, 5.74) is 3.85. The second-order valence-electron chi connectivity index (χ2n) is 17.0. The van der Waals surface area contributed by atoms with Gasteiger partial charge in [-0.1, -0.05) is 73.5 Å². The van der Waals surface area contributed by atoms with Crippen LogP contribution in [-0.4, -0.2) is 86.9 Å². The SMILES string of the molecule is COC(=O)[C@@H]1Cc2ccc(OC)c(c2)-c2cc(ccc2OC)[C@H](N(C)C(=O)[C@H](CCCCNC(=O)OC(C)(C)C)CC(=O)c2ccc(-c3ccc(Cl)cc3)cc2)C(=O)C[C@@H](C)C(=O)N1. The number of likely N-dealkylation sites (N-methyl/N-ethyl adjacent to an activating group) is 1. The minimum absolute atomic E-state index is 0.0988. The Kier molecular flexibility index (Phi) is 16.7. The molecule has 1 aliphatic rings. The molecule has 0 unspecified atom stereocenters. The van der Waals surface area contributed by atoms with Gasteiger partial charge in [-0.15, -0.1) is 0 Å². The third-order valence-corrected chi connectivity index (χ3v) is 11.4. The third-order valence-electron chi connectivity index (χ3n) is 11.1. The number of halogens is 1. The van der Waals surface area contributed by atoms with Crippen molar-refractivity contribution in [1.29, 1.82) is 0 Å². The molecular weight excluding hydrogens is 838 g/mol.